The maximum Gasteiger partial charge on any atom is 0.255 e. The molecule has 0 saturated heterocycles. The molecular formula is C10H14BrNO3. The third-order valence-electron chi connectivity index (χ3n) is 2.17. The third kappa shape index (κ3) is 3.35. The number of nitrogens with one attached hydrogen (secondary N) is 1. The second-order valence-electron chi connectivity index (χ2n) is 3.20. The molecule has 0 radical (unpaired) electrons. The van der Waals surface area contributed by atoms with Crippen LogP contribution in [-0.2, 0) is 0 Å². The first-order valence-corrected chi connectivity index (χ1v) is 5.63. The standard InChI is InChI=1S/C10H14BrNO3/c1-2-7(3-5-13)12-10(14)8-4-6-15-9(8)11/h4,6-7,13H,2-3,5H2,1H3,(H,12,14). The number of carbonyl (C=O) groups is 1. The molecule has 0 fully saturated rings. The summed E-state index contributed by atoms with van der Waals surface area (Å²) >= 11 is 3.14. The minimum Gasteiger partial charge on any atom is -0.457 e. The lowest BCUT2D eigenvalue weighted by Crippen LogP contribution is -2.34. The van der Waals surface area contributed by atoms with Crippen LogP contribution in [0.4, 0.5) is 0 Å². The van der Waals surface area contributed by atoms with E-state index in [0.717, 1.165) is 6.42 Å². The number of halogens is 1. The summed E-state index contributed by atoms with van der Waals surface area (Å²) in [6.07, 6.45) is 2.81. The molecule has 5 heteroatoms. The van der Waals surface area contributed by atoms with Crippen molar-refractivity contribution in [3.05, 3.63) is 22.6 Å². The predicted octanol–water partition coefficient (Wildman–Crippen LogP) is 1.93. The van der Waals surface area contributed by atoms with E-state index in [0.29, 0.717) is 16.7 Å². The van der Waals surface area contributed by atoms with E-state index >= 15 is 0 Å². The van der Waals surface area contributed by atoms with Crippen molar-refractivity contribution in [1.82, 2.24) is 5.32 Å². The molecule has 0 aliphatic rings. The van der Waals surface area contributed by atoms with Gasteiger partial charge >= 0.3 is 0 Å². The molecule has 0 spiro atoms. The Kier molecular flexibility index (Phi) is 4.84. The lowest BCUT2D eigenvalue weighted by atomic mass is 10.1. The summed E-state index contributed by atoms with van der Waals surface area (Å²) in [6.45, 7) is 2.04. The highest BCUT2D eigenvalue weighted by Crippen LogP contribution is 2.17. The summed E-state index contributed by atoms with van der Waals surface area (Å²) in [5.74, 6) is -0.184. The van der Waals surface area contributed by atoms with E-state index in [1.807, 2.05) is 6.92 Å². The highest BCUT2D eigenvalue weighted by atomic mass is 79.9. The molecule has 1 aromatic rings. The van der Waals surface area contributed by atoms with Crippen molar-refractivity contribution in [1.29, 1.82) is 0 Å². The highest BCUT2D eigenvalue weighted by molar-refractivity contribution is 9.10. The number of carbonyl (C=O) groups excluding carboxylic acids is 1. The number of aliphatic hydroxyl groups excluding tert-OH is 1. The van der Waals surface area contributed by atoms with Gasteiger partial charge in [0.2, 0.25) is 0 Å². The summed E-state index contributed by atoms with van der Waals surface area (Å²) < 4.78 is 5.40. The van der Waals surface area contributed by atoms with Crippen molar-refractivity contribution in [3.63, 3.8) is 0 Å². The van der Waals surface area contributed by atoms with Crippen molar-refractivity contribution in [2.24, 2.45) is 0 Å². The third-order valence-corrected chi connectivity index (χ3v) is 2.78. The quantitative estimate of drug-likeness (QED) is 0.863. The van der Waals surface area contributed by atoms with E-state index in [1.54, 1.807) is 6.07 Å². The number of hydrogen-bond donors (Lipinski definition) is 2. The molecule has 1 amide bonds. The molecule has 15 heavy (non-hydrogen) atoms. The molecule has 0 aromatic carbocycles. The molecule has 2 N–H and O–H groups in total. The maximum absolute atomic E-state index is 11.7. The zero-order valence-corrected chi connectivity index (χ0v) is 10.1. The minimum absolute atomic E-state index is 0.00398. The van der Waals surface area contributed by atoms with Gasteiger partial charge in [-0.25, -0.2) is 0 Å². The Balaban J connectivity index is 2.58. The average Bonchev–Trinajstić information content (AvgIpc) is 2.63. The Hall–Kier alpha value is -0.810. The zero-order chi connectivity index (χ0) is 11.3. The second-order valence-corrected chi connectivity index (χ2v) is 3.92. The van der Waals surface area contributed by atoms with Crippen LogP contribution in [0.25, 0.3) is 0 Å². The molecule has 84 valence electrons. The van der Waals surface area contributed by atoms with Gasteiger partial charge in [0.15, 0.2) is 4.67 Å². The predicted molar refractivity (Wildman–Crippen MR) is 59.7 cm³/mol. The molecule has 1 rings (SSSR count). The second kappa shape index (κ2) is 5.92. The van der Waals surface area contributed by atoms with Crippen LogP contribution in [0.1, 0.15) is 30.1 Å². The summed E-state index contributed by atoms with van der Waals surface area (Å²) in [4.78, 5) is 11.7. The average molecular weight is 276 g/mol. The molecule has 0 aliphatic carbocycles. The SMILES string of the molecule is CCC(CCO)NC(=O)c1ccoc1Br. The van der Waals surface area contributed by atoms with E-state index in [4.69, 9.17) is 9.52 Å². The zero-order valence-electron chi connectivity index (χ0n) is 8.50. The Morgan fingerprint density at radius 2 is 2.47 bits per heavy atom. The summed E-state index contributed by atoms with van der Waals surface area (Å²) in [5.41, 5.74) is 0.478. The molecular weight excluding hydrogens is 262 g/mol. The fraction of sp³-hybridized carbons (Fsp3) is 0.500. The number of aliphatic hydroxyl groups is 1. The van der Waals surface area contributed by atoms with Crippen LogP contribution in [0.5, 0.6) is 0 Å². The van der Waals surface area contributed by atoms with Crippen LogP contribution >= 0.6 is 15.9 Å². The normalized spacial score (nSPS) is 12.5. The molecule has 0 bridgehead atoms. The van der Waals surface area contributed by atoms with Crippen LogP contribution in [-0.4, -0.2) is 23.7 Å². The number of hydrogen-bond acceptors (Lipinski definition) is 3. The fourth-order valence-corrected chi connectivity index (χ4v) is 1.67. The van der Waals surface area contributed by atoms with Gasteiger partial charge in [-0.3, -0.25) is 4.79 Å². The first-order valence-electron chi connectivity index (χ1n) is 4.83. The van der Waals surface area contributed by atoms with E-state index in [1.165, 1.54) is 6.26 Å². The van der Waals surface area contributed by atoms with Crippen molar-refractivity contribution in [3.8, 4) is 0 Å². The van der Waals surface area contributed by atoms with Gasteiger partial charge in [0, 0.05) is 12.6 Å². The van der Waals surface area contributed by atoms with Crippen LogP contribution in [0.2, 0.25) is 0 Å². The number of amides is 1. The van der Waals surface area contributed by atoms with Gasteiger partial charge in [-0.1, -0.05) is 6.92 Å². The number of rotatable bonds is 5. The molecule has 1 heterocycles. The van der Waals surface area contributed by atoms with Gasteiger partial charge < -0.3 is 14.8 Å². The Bertz CT molecular complexity index is 324. The van der Waals surface area contributed by atoms with E-state index < -0.39 is 0 Å². The Morgan fingerprint density at radius 3 is 2.93 bits per heavy atom. The van der Waals surface area contributed by atoms with E-state index in [-0.39, 0.29) is 18.6 Å². The van der Waals surface area contributed by atoms with Crippen molar-refractivity contribution < 1.29 is 14.3 Å². The van der Waals surface area contributed by atoms with E-state index in [2.05, 4.69) is 21.2 Å². The lowest BCUT2D eigenvalue weighted by molar-refractivity contribution is 0.0927. The molecule has 0 saturated carbocycles. The monoisotopic (exact) mass is 275 g/mol. The Morgan fingerprint density at radius 1 is 1.73 bits per heavy atom. The lowest BCUT2D eigenvalue weighted by Gasteiger charge is -2.14. The topological polar surface area (TPSA) is 62.5 Å². The van der Waals surface area contributed by atoms with Crippen LogP contribution in [0.15, 0.2) is 21.4 Å². The molecule has 1 aromatic heterocycles. The number of furan rings is 1. The smallest absolute Gasteiger partial charge is 0.255 e. The highest BCUT2D eigenvalue weighted by Gasteiger charge is 2.15. The summed E-state index contributed by atoms with van der Waals surface area (Å²) in [6, 6.07) is 1.61. The summed E-state index contributed by atoms with van der Waals surface area (Å²) in [5, 5.41) is 11.6. The van der Waals surface area contributed by atoms with Crippen molar-refractivity contribution in [2.45, 2.75) is 25.8 Å². The van der Waals surface area contributed by atoms with Crippen LogP contribution < -0.4 is 5.32 Å². The fourth-order valence-electron chi connectivity index (χ4n) is 1.25. The molecule has 4 nitrogen and oxygen atoms in total. The van der Waals surface area contributed by atoms with Gasteiger partial charge in [0.05, 0.1) is 11.8 Å². The molecule has 1 atom stereocenters. The summed E-state index contributed by atoms with van der Waals surface area (Å²) in [7, 11) is 0. The maximum atomic E-state index is 11.7. The van der Waals surface area contributed by atoms with Gasteiger partial charge in [0.25, 0.3) is 5.91 Å². The van der Waals surface area contributed by atoms with E-state index in [9.17, 15) is 4.79 Å². The van der Waals surface area contributed by atoms with Crippen molar-refractivity contribution >= 4 is 21.8 Å². The van der Waals surface area contributed by atoms with Gasteiger partial charge in [-0.05, 0) is 34.8 Å². The van der Waals surface area contributed by atoms with Gasteiger partial charge in [-0.2, -0.15) is 0 Å². The van der Waals surface area contributed by atoms with Gasteiger partial charge in [0.1, 0.15) is 0 Å². The van der Waals surface area contributed by atoms with Crippen LogP contribution in [0.3, 0.4) is 0 Å². The Labute approximate surface area is 96.8 Å². The minimum atomic E-state index is -0.184. The van der Waals surface area contributed by atoms with Gasteiger partial charge in [-0.15, -0.1) is 0 Å². The largest absolute Gasteiger partial charge is 0.457 e. The first-order chi connectivity index (χ1) is 7.19. The van der Waals surface area contributed by atoms with Crippen LogP contribution in [0, 0.1) is 0 Å². The molecule has 1 unspecified atom stereocenters. The first kappa shape index (κ1) is 12.3. The van der Waals surface area contributed by atoms with Crippen molar-refractivity contribution in [2.75, 3.05) is 6.61 Å². The molecule has 0 aliphatic heterocycles.